The second kappa shape index (κ2) is 21.8. The van der Waals surface area contributed by atoms with Gasteiger partial charge in [0.15, 0.2) is 17.5 Å². The average molecular weight is 1170 g/mol. The molecule has 2 heterocycles. The summed E-state index contributed by atoms with van der Waals surface area (Å²) in [6.07, 6.45) is 14.3. The van der Waals surface area contributed by atoms with Crippen molar-refractivity contribution in [2.75, 3.05) is 0 Å². The molecule has 0 amide bonds. The molecule has 0 unspecified atom stereocenters. The van der Waals surface area contributed by atoms with E-state index in [1.165, 1.54) is 129 Å². The molecule has 2 aromatic heterocycles. The zero-order valence-electron chi connectivity index (χ0n) is 45.8. The van der Waals surface area contributed by atoms with Gasteiger partial charge in [-0.1, -0.05) is 245 Å². The first kappa shape index (κ1) is 52.8. The Morgan fingerprint density at radius 3 is 1.39 bits per heavy atom. The van der Waals surface area contributed by atoms with E-state index in [-0.39, 0.29) is 30.9 Å². The normalized spacial score (nSPS) is 13.0. The Bertz CT molecular complexity index is 3370. The second-order valence-electron chi connectivity index (χ2n) is 23.3. The molecule has 1 spiro atoms. The summed E-state index contributed by atoms with van der Waals surface area (Å²) in [7, 11) is 0. The minimum Gasteiger partial charge on any atom is -0.304 e. The van der Waals surface area contributed by atoms with Crippen LogP contribution >= 0.6 is 0 Å². The van der Waals surface area contributed by atoms with E-state index in [9.17, 15) is 0 Å². The maximum absolute atomic E-state index is 5.19. The van der Waals surface area contributed by atoms with Crippen LogP contribution in [0.1, 0.15) is 151 Å². The Morgan fingerprint density at radius 1 is 0.421 bits per heavy atom. The number of aryl methyl sites for hydroxylation is 2. The summed E-state index contributed by atoms with van der Waals surface area (Å²) in [6.45, 7) is 18.0. The standard InChI is InChI=1S/C71H71N4.Ir/c1-9-11-13-15-21-47-41-48(22-16-14-12-10-2)43-54(42-47)51-31-38-59-60-39-32-52(45-64(60)71(63(59)44-51)61-25-19-17-23-57(61)58-24-18-20-26-62(58)71)65-40-33-53(46-72-65)68-74-66(49-27-34-55(35-28-49)69(3,4)5)73-67(75-68)50-29-36-56(37-30-50)70(6,7)8;/h17-20,23-31,33-46H,9-16,21-22H2,1-8H3;/q-1;. The molecule has 0 N–H and O–H groups in total. The van der Waals surface area contributed by atoms with Crippen LogP contribution in [0.2, 0.25) is 0 Å². The van der Waals surface area contributed by atoms with Gasteiger partial charge in [0.1, 0.15) is 0 Å². The molecule has 0 aliphatic heterocycles. The Labute approximate surface area is 466 Å². The van der Waals surface area contributed by atoms with Crippen LogP contribution in [0.5, 0.6) is 0 Å². The summed E-state index contributed by atoms with van der Waals surface area (Å²) in [5.41, 5.74) is 22.5. The fourth-order valence-corrected chi connectivity index (χ4v) is 11.8. The zero-order valence-corrected chi connectivity index (χ0v) is 48.2. The van der Waals surface area contributed by atoms with Gasteiger partial charge >= 0.3 is 0 Å². The monoisotopic (exact) mass is 1170 g/mol. The number of benzene rings is 7. The predicted octanol–water partition coefficient (Wildman–Crippen LogP) is 18.6. The zero-order chi connectivity index (χ0) is 51.9. The molecule has 7 aromatic carbocycles. The van der Waals surface area contributed by atoms with E-state index < -0.39 is 5.41 Å². The smallest absolute Gasteiger partial charge is 0.165 e. The Hall–Kier alpha value is -6.65. The van der Waals surface area contributed by atoms with E-state index in [1.807, 2.05) is 6.20 Å². The molecule has 9 aromatic rings. The van der Waals surface area contributed by atoms with Crippen LogP contribution < -0.4 is 0 Å². The SMILES string of the molecule is CCCCCCc1cc(CCCCCC)cc(-c2ccc3c(c2)C2(c4ccccc4-c4ccccc42)c2cc(-c4ccc(-c5nc(-c6ccc(C(C)(C)C)cc6)nc(-c6ccc(C(C)(C)C)cc6)n5)cn4)[c-]cc2-3)c1.[Ir]. The van der Waals surface area contributed by atoms with Crippen molar-refractivity contribution in [2.24, 2.45) is 0 Å². The minimum absolute atomic E-state index is 0. The molecule has 1 radical (unpaired) electrons. The van der Waals surface area contributed by atoms with Crippen molar-refractivity contribution in [1.29, 1.82) is 0 Å². The van der Waals surface area contributed by atoms with Gasteiger partial charge in [-0.05, 0) is 109 Å². The molecule has 4 nitrogen and oxygen atoms in total. The van der Waals surface area contributed by atoms with E-state index >= 15 is 0 Å². The molecule has 0 bridgehead atoms. The first-order chi connectivity index (χ1) is 36.3. The second-order valence-corrected chi connectivity index (χ2v) is 23.3. The van der Waals surface area contributed by atoms with E-state index in [1.54, 1.807) is 0 Å². The fraction of sp³-hybridized carbons (Fsp3) is 0.296. The fourth-order valence-electron chi connectivity index (χ4n) is 11.8. The third-order valence-corrected chi connectivity index (χ3v) is 16.0. The number of hydrogen-bond donors (Lipinski definition) is 0. The molecular weight excluding hydrogens is 1100 g/mol. The molecule has 76 heavy (non-hydrogen) atoms. The number of fused-ring (bicyclic) bond motifs is 10. The van der Waals surface area contributed by atoms with E-state index in [4.69, 9.17) is 19.9 Å². The molecule has 0 saturated carbocycles. The van der Waals surface area contributed by atoms with E-state index in [2.05, 4.69) is 219 Å². The Balaban J connectivity index is 0.00000657. The van der Waals surface area contributed by atoms with Crippen LogP contribution in [0, 0.1) is 6.07 Å². The van der Waals surface area contributed by atoms with Gasteiger partial charge in [0.25, 0.3) is 0 Å². The van der Waals surface area contributed by atoms with Crippen molar-refractivity contribution in [3.63, 3.8) is 0 Å². The molecule has 2 aliphatic carbocycles. The number of unbranched alkanes of at least 4 members (excludes halogenated alkanes) is 6. The van der Waals surface area contributed by atoms with Gasteiger partial charge in [-0.25, -0.2) is 15.0 Å². The van der Waals surface area contributed by atoms with Crippen molar-refractivity contribution in [3.05, 3.63) is 214 Å². The van der Waals surface area contributed by atoms with E-state index in [0.29, 0.717) is 17.5 Å². The van der Waals surface area contributed by atoms with E-state index in [0.717, 1.165) is 40.8 Å². The number of nitrogens with zero attached hydrogens (tertiary/aromatic N) is 4. The Morgan fingerprint density at radius 2 is 0.895 bits per heavy atom. The maximum atomic E-state index is 5.19. The minimum atomic E-state index is -0.522. The van der Waals surface area contributed by atoms with Crippen LogP contribution in [0.4, 0.5) is 0 Å². The van der Waals surface area contributed by atoms with Crippen LogP contribution in [-0.4, -0.2) is 19.9 Å². The first-order valence-corrected chi connectivity index (χ1v) is 27.8. The molecule has 2 aliphatic rings. The van der Waals surface area contributed by atoms with Crippen LogP contribution in [0.3, 0.4) is 0 Å². The van der Waals surface area contributed by atoms with Crippen molar-refractivity contribution in [2.45, 2.75) is 136 Å². The average Bonchev–Trinajstić information content (AvgIpc) is 4.05. The van der Waals surface area contributed by atoms with Crippen LogP contribution in [0.25, 0.3) is 78.8 Å². The summed E-state index contributed by atoms with van der Waals surface area (Å²) in [5, 5.41) is 0. The summed E-state index contributed by atoms with van der Waals surface area (Å²) >= 11 is 0. The number of rotatable bonds is 15. The molecular formula is C71H71IrN4-. The number of pyridine rings is 1. The largest absolute Gasteiger partial charge is 0.304 e. The van der Waals surface area contributed by atoms with Gasteiger partial charge in [0.05, 0.1) is 5.41 Å². The maximum Gasteiger partial charge on any atom is 0.165 e. The van der Waals surface area contributed by atoms with Gasteiger partial charge in [0.2, 0.25) is 0 Å². The summed E-state index contributed by atoms with van der Waals surface area (Å²) in [6, 6.07) is 62.8. The molecule has 0 saturated heterocycles. The predicted molar refractivity (Wildman–Crippen MR) is 313 cm³/mol. The van der Waals surface area contributed by atoms with Gasteiger partial charge < -0.3 is 4.98 Å². The molecule has 11 rings (SSSR count). The van der Waals surface area contributed by atoms with Crippen molar-refractivity contribution >= 4 is 0 Å². The van der Waals surface area contributed by atoms with Gasteiger partial charge in [-0.3, -0.25) is 0 Å². The van der Waals surface area contributed by atoms with Gasteiger partial charge in [-0.15, -0.1) is 29.3 Å². The molecule has 0 fully saturated rings. The third kappa shape index (κ3) is 10.1. The molecule has 385 valence electrons. The summed E-state index contributed by atoms with van der Waals surface area (Å²) in [4.78, 5) is 20.5. The number of aromatic nitrogens is 4. The quantitative estimate of drug-likeness (QED) is 0.0758. The van der Waals surface area contributed by atoms with Gasteiger partial charge in [-0.2, -0.15) is 0 Å². The van der Waals surface area contributed by atoms with Crippen molar-refractivity contribution in [3.8, 4) is 78.8 Å². The molecule has 5 heteroatoms. The number of hydrogen-bond acceptors (Lipinski definition) is 4. The van der Waals surface area contributed by atoms with Crippen LogP contribution in [0.15, 0.2) is 164 Å². The van der Waals surface area contributed by atoms with Crippen molar-refractivity contribution < 1.29 is 20.1 Å². The first-order valence-electron chi connectivity index (χ1n) is 27.8. The molecule has 0 atom stereocenters. The Kier molecular flexibility index (Phi) is 15.1. The summed E-state index contributed by atoms with van der Waals surface area (Å²) < 4.78 is 0. The third-order valence-electron chi connectivity index (χ3n) is 16.0. The topological polar surface area (TPSA) is 51.6 Å². The summed E-state index contributed by atoms with van der Waals surface area (Å²) in [5.74, 6) is 1.85. The van der Waals surface area contributed by atoms with Gasteiger partial charge in [0, 0.05) is 43.0 Å². The van der Waals surface area contributed by atoms with Crippen molar-refractivity contribution in [1.82, 2.24) is 19.9 Å². The van der Waals surface area contributed by atoms with Crippen LogP contribution in [-0.2, 0) is 49.2 Å².